The zero-order valence-corrected chi connectivity index (χ0v) is 22.0. The Bertz CT molecular complexity index is 1120. The van der Waals surface area contributed by atoms with Crippen molar-refractivity contribution in [2.45, 2.75) is 43.0 Å². The van der Waals surface area contributed by atoms with E-state index >= 15 is 0 Å². The number of ether oxygens (including phenoxy) is 2. The first-order valence-corrected chi connectivity index (χ1v) is 12.4. The highest BCUT2D eigenvalue weighted by atomic mass is 19.1. The van der Waals surface area contributed by atoms with Gasteiger partial charge < -0.3 is 40.5 Å². The number of benzene rings is 2. The number of hydrogen-bond donors (Lipinski definition) is 6. The lowest BCUT2D eigenvalue weighted by Crippen LogP contribution is -2.53. The van der Waals surface area contributed by atoms with E-state index in [1.54, 1.807) is 24.3 Å². The normalized spacial score (nSPS) is 15.6. The molecule has 6 N–H and O–H groups in total. The average molecular weight is 563 g/mol. The van der Waals surface area contributed by atoms with E-state index in [0.717, 1.165) is 18.2 Å². The molecule has 0 heterocycles. The molecule has 2 rings (SSSR count). The number of carbonyl (C=O) groups is 3. The molecule has 12 heteroatoms. The Morgan fingerprint density at radius 2 is 1.62 bits per heavy atom. The van der Waals surface area contributed by atoms with Gasteiger partial charge in [0.2, 0.25) is 0 Å². The molecule has 0 saturated carbocycles. The van der Waals surface area contributed by atoms with Crippen molar-refractivity contribution in [1.82, 2.24) is 10.6 Å². The van der Waals surface area contributed by atoms with Crippen molar-refractivity contribution in [3.8, 4) is 11.1 Å². The third-order valence-corrected chi connectivity index (χ3v) is 6.03. The Labute approximate surface area is 231 Å². The van der Waals surface area contributed by atoms with Gasteiger partial charge in [-0.05, 0) is 29.7 Å². The van der Waals surface area contributed by atoms with Gasteiger partial charge in [-0.3, -0.25) is 9.59 Å². The molecule has 40 heavy (non-hydrogen) atoms. The molecule has 0 aliphatic rings. The Morgan fingerprint density at radius 1 is 1.00 bits per heavy atom. The van der Waals surface area contributed by atoms with Crippen molar-refractivity contribution in [3.63, 3.8) is 0 Å². The molecule has 3 unspecified atom stereocenters. The number of halogens is 1. The van der Waals surface area contributed by atoms with Gasteiger partial charge in [0.05, 0.1) is 38.1 Å². The first-order valence-electron chi connectivity index (χ1n) is 12.4. The maximum absolute atomic E-state index is 12.9. The minimum Gasteiger partial charge on any atom is -0.465 e. The van der Waals surface area contributed by atoms with E-state index in [9.17, 15) is 39.2 Å². The van der Waals surface area contributed by atoms with E-state index in [4.69, 9.17) is 4.74 Å². The van der Waals surface area contributed by atoms with Gasteiger partial charge in [0.15, 0.2) is 6.67 Å². The fourth-order valence-corrected chi connectivity index (χ4v) is 3.84. The van der Waals surface area contributed by atoms with E-state index in [1.165, 1.54) is 6.08 Å². The third-order valence-electron chi connectivity index (χ3n) is 6.03. The highest BCUT2D eigenvalue weighted by molar-refractivity contribution is 5.94. The number of methoxy groups -OCH3 is 1. The minimum absolute atomic E-state index is 0.296. The Balaban J connectivity index is 2.02. The molecule has 0 bridgehead atoms. The van der Waals surface area contributed by atoms with E-state index in [2.05, 4.69) is 21.9 Å². The van der Waals surface area contributed by atoms with Gasteiger partial charge in [-0.25, -0.2) is 9.18 Å². The van der Waals surface area contributed by atoms with Crippen LogP contribution in [-0.4, -0.2) is 95.3 Å². The van der Waals surface area contributed by atoms with Gasteiger partial charge in [-0.15, -0.1) is 6.58 Å². The predicted octanol–water partition coefficient (Wildman–Crippen LogP) is 0.465. The van der Waals surface area contributed by atoms with Crippen LogP contribution in [-0.2, 0) is 19.1 Å². The fourth-order valence-electron chi connectivity index (χ4n) is 3.84. The van der Waals surface area contributed by atoms with Crippen LogP contribution < -0.4 is 10.6 Å². The molecule has 2 aromatic rings. The molecule has 0 fully saturated rings. The molecule has 0 aliphatic carbocycles. The zero-order chi connectivity index (χ0) is 29.7. The number of aliphatic hydroxyl groups is 4. The molecule has 0 saturated heterocycles. The lowest BCUT2D eigenvalue weighted by Gasteiger charge is -2.32. The summed E-state index contributed by atoms with van der Waals surface area (Å²) >= 11 is 0. The van der Waals surface area contributed by atoms with E-state index in [0.29, 0.717) is 5.56 Å². The number of esters is 1. The van der Waals surface area contributed by atoms with Crippen LogP contribution >= 0.6 is 0 Å². The predicted molar refractivity (Wildman–Crippen MR) is 142 cm³/mol. The molecular weight excluding hydrogens is 527 g/mol. The van der Waals surface area contributed by atoms with Gasteiger partial charge in [-0.2, -0.15) is 0 Å². The lowest BCUT2D eigenvalue weighted by molar-refractivity contribution is -0.232. The van der Waals surface area contributed by atoms with E-state index in [-0.39, 0.29) is 6.61 Å². The number of rotatable bonds is 16. The van der Waals surface area contributed by atoms with Gasteiger partial charge in [0, 0.05) is 18.5 Å². The van der Waals surface area contributed by atoms with Crippen LogP contribution in [0, 0.1) is 0 Å². The molecule has 2 amide bonds. The van der Waals surface area contributed by atoms with Crippen molar-refractivity contribution in [2.24, 2.45) is 0 Å². The molecule has 0 radical (unpaired) electrons. The molecule has 0 aromatic heterocycles. The monoisotopic (exact) mass is 562 g/mol. The molecule has 0 aliphatic heterocycles. The summed E-state index contributed by atoms with van der Waals surface area (Å²) in [6.45, 7) is 1.26. The minimum atomic E-state index is -2.64. The van der Waals surface area contributed by atoms with Crippen molar-refractivity contribution >= 4 is 17.8 Å². The van der Waals surface area contributed by atoms with Gasteiger partial charge in [0.1, 0.15) is 0 Å². The van der Waals surface area contributed by atoms with Gasteiger partial charge >= 0.3 is 5.97 Å². The van der Waals surface area contributed by atoms with Gasteiger partial charge in [-0.1, -0.05) is 48.5 Å². The Kier molecular flexibility index (Phi) is 12.8. The van der Waals surface area contributed by atoms with Crippen LogP contribution in [0.4, 0.5) is 4.39 Å². The summed E-state index contributed by atoms with van der Waals surface area (Å²) in [5.41, 5.74) is 2.19. The molecule has 2 aromatic carbocycles. The first kappa shape index (κ1) is 32.5. The Morgan fingerprint density at radius 3 is 2.20 bits per heavy atom. The van der Waals surface area contributed by atoms with Gasteiger partial charge in [0.25, 0.3) is 17.6 Å². The topological polar surface area (TPSA) is 175 Å². The number of alkyl halides is 1. The van der Waals surface area contributed by atoms with Crippen molar-refractivity contribution in [2.75, 3.05) is 26.9 Å². The first-order chi connectivity index (χ1) is 19.0. The van der Waals surface area contributed by atoms with Crippen LogP contribution in [0.15, 0.2) is 67.3 Å². The largest absolute Gasteiger partial charge is 0.465 e. The highest BCUT2D eigenvalue weighted by Crippen LogP contribution is 2.22. The third kappa shape index (κ3) is 9.50. The van der Waals surface area contributed by atoms with Crippen LogP contribution in [0.2, 0.25) is 0 Å². The SMILES string of the molecule is C=CCOC(O)(CC(O)C(C[C@@H](O)[C@H](O)CNC(=O)c1ccc(-c2ccccc2)cc1)NC(=O)CF)C(=O)OC. The van der Waals surface area contributed by atoms with Crippen LogP contribution in [0.3, 0.4) is 0 Å². The van der Waals surface area contributed by atoms with Crippen LogP contribution in [0.1, 0.15) is 23.2 Å². The number of nitrogens with one attached hydrogen (secondary N) is 2. The summed E-state index contributed by atoms with van der Waals surface area (Å²) in [6.07, 6.45) is -5.07. The standard InChI is InChI=1S/C28H35FN2O9/c1-3-13-40-28(38,27(37)39-2)15-23(33)21(31-25(35)16-29)14-22(32)24(34)17-30-26(36)20-11-9-19(10-12-20)18-7-5-4-6-8-18/h3-12,21-24,32-34,38H,1,13-17H2,2H3,(H,30,36)(H,31,35)/t21?,22-,23?,24-,28?/m1/s1. The summed E-state index contributed by atoms with van der Waals surface area (Å²) in [5.74, 6) is -5.55. The van der Waals surface area contributed by atoms with Crippen molar-refractivity contribution in [1.29, 1.82) is 0 Å². The maximum Gasteiger partial charge on any atom is 0.366 e. The molecule has 218 valence electrons. The van der Waals surface area contributed by atoms with Crippen LogP contribution in [0.5, 0.6) is 0 Å². The average Bonchev–Trinajstić information content (AvgIpc) is 2.97. The second-order valence-electron chi connectivity index (χ2n) is 8.98. The summed E-state index contributed by atoms with van der Waals surface area (Å²) < 4.78 is 22.4. The molecule has 0 spiro atoms. The second-order valence-corrected chi connectivity index (χ2v) is 8.98. The van der Waals surface area contributed by atoms with E-state index < -0.39 is 74.0 Å². The lowest BCUT2D eigenvalue weighted by atomic mass is 9.95. The van der Waals surface area contributed by atoms with Crippen LogP contribution in [0.25, 0.3) is 11.1 Å². The molecule has 11 nitrogen and oxygen atoms in total. The quantitative estimate of drug-likeness (QED) is 0.0965. The smallest absolute Gasteiger partial charge is 0.366 e. The van der Waals surface area contributed by atoms with Crippen molar-refractivity contribution in [3.05, 3.63) is 72.8 Å². The number of carbonyl (C=O) groups excluding carboxylic acids is 3. The Hall–Kier alpha value is -3.68. The van der Waals surface area contributed by atoms with E-state index in [1.807, 2.05) is 30.3 Å². The van der Waals surface area contributed by atoms with Crippen molar-refractivity contribution < 1.29 is 48.7 Å². The number of hydrogen-bond acceptors (Lipinski definition) is 9. The summed E-state index contributed by atoms with van der Waals surface area (Å²) in [5, 5.41) is 46.8. The molecular formula is C28H35FN2O9. The summed E-state index contributed by atoms with van der Waals surface area (Å²) in [4.78, 5) is 36.3. The summed E-state index contributed by atoms with van der Waals surface area (Å²) in [7, 11) is 0.978. The highest BCUT2D eigenvalue weighted by Gasteiger charge is 2.43. The summed E-state index contributed by atoms with van der Waals surface area (Å²) in [6, 6.07) is 14.9. The number of aliphatic hydroxyl groups excluding tert-OH is 3. The maximum atomic E-state index is 12.9. The molecule has 5 atom stereocenters. The zero-order valence-electron chi connectivity index (χ0n) is 22.0. The number of amides is 2. The second kappa shape index (κ2) is 15.8. The fraction of sp³-hybridized carbons (Fsp3) is 0.393.